The Balaban J connectivity index is 2.65. The van der Waals surface area contributed by atoms with E-state index >= 15 is 0 Å². The highest BCUT2D eigenvalue weighted by molar-refractivity contribution is 5.19. The van der Waals surface area contributed by atoms with Gasteiger partial charge in [-0.2, -0.15) is 0 Å². The molecule has 0 bridgehead atoms. The van der Waals surface area contributed by atoms with E-state index in [9.17, 15) is 8.78 Å². The van der Waals surface area contributed by atoms with Gasteiger partial charge in [0.15, 0.2) is 0 Å². The first-order valence-corrected chi connectivity index (χ1v) is 6.42. The molecule has 0 spiro atoms. The van der Waals surface area contributed by atoms with Crippen LogP contribution in [0.4, 0.5) is 8.78 Å². The van der Waals surface area contributed by atoms with Gasteiger partial charge in [-0.15, -0.1) is 0 Å². The number of halogens is 2. The molecule has 0 aliphatic rings. The fourth-order valence-electron chi connectivity index (χ4n) is 1.76. The van der Waals surface area contributed by atoms with Gasteiger partial charge in [0.05, 0.1) is 6.61 Å². The fraction of sp³-hybridized carbons (Fsp3) is 0.571. The first-order chi connectivity index (χ1) is 8.67. The maximum Gasteiger partial charge on any atom is 0.126 e. The third-order valence-electron chi connectivity index (χ3n) is 2.68. The lowest BCUT2D eigenvalue weighted by Crippen LogP contribution is -2.36. The largest absolute Gasteiger partial charge is 0.380 e. The van der Waals surface area contributed by atoms with E-state index in [0.29, 0.717) is 25.2 Å². The molecule has 1 aromatic rings. The Morgan fingerprint density at radius 2 is 2.06 bits per heavy atom. The molecule has 0 radical (unpaired) electrons. The minimum absolute atomic E-state index is 0.0150. The molecule has 0 saturated carbocycles. The van der Waals surface area contributed by atoms with E-state index < -0.39 is 5.82 Å². The molecule has 18 heavy (non-hydrogen) atoms. The molecule has 1 rings (SSSR count). The van der Waals surface area contributed by atoms with E-state index in [1.807, 2.05) is 6.92 Å². The third-order valence-corrected chi connectivity index (χ3v) is 2.68. The van der Waals surface area contributed by atoms with Crippen molar-refractivity contribution in [2.45, 2.75) is 32.7 Å². The van der Waals surface area contributed by atoms with Crippen molar-refractivity contribution in [1.82, 2.24) is 5.32 Å². The van der Waals surface area contributed by atoms with Crippen LogP contribution in [0.15, 0.2) is 18.2 Å². The summed E-state index contributed by atoms with van der Waals surface area (Å²) >= 11 is 0. The molecule has 1 N–H and O–H groups in total. The van der Waals surface area contributed by atoms with Crippen LogP contribution in [0.2, 0.25) is 0 Å². The molecule has 0 aliphatic carbocycles. The molecule has 4 heteroatoms. The van der Waals surface area contributed by atoms with Gasteiger partial charge in [-0.25, -0.2) is 8.78 Å². The Hall–Kier alpha value is -1.00. The Morgan fingerprint density at radius 1 is 1.28 bits per heavy atom. The highest BCUT2D eigenvalue weighted by Crippen LogP contribution is 2.12. The zero-order valence-electron chi connectivity index (χ0n) is 11.0. The second-order valence-corrected chi connectivity index (χ2v) is 4.25. The summed E-state index contributed by atoms with van der Waals surface area (Å²) in [5, 5.41) is 3.29. The van der Waals surface area contributed by atoms with Gasteiger partial charge >= 0.3 is 0 Å². The van der Waals surface area contributed by atoms with Crippen LogP contribution in [0.25, 0.3) is 0 Å². The van der Waals surface area contributed by atoms with Gasteiger partial charge in [0.1, 0.15) is 11.6 Å². The Morgan fingerprint density at radius 3 is 2.72 bits per heavy atom. The molecule has 1 unspecified atom stereocenters. The molecule has 1 atom stereocenters. The Labute approximate surface area is 107 Å². The van der Waals surface area contributed by atoms with Crippen molar-refractivity contribution in [1.29, 1.82) is 0 Å². The predicted octanol–water partition coefficient (Wildman–Crippen LogP) is 2.91. The number of hydrogen-bond acceptors (Lipinski definition) is 2. The van der Waals surface area contributed by atoms with Crippen LogP contribution in [-0.4, -0.2) is 25.8 Å². The quantitative estimate of drug-likeness (QED) is 0.773. The average Bonchev–Trinajstić information content (AvgIpc) is 2.37. The lowest BCUT2D eigenvalue weighted by molar-refractivity contribution is 0.122. The molecule has 102 valence electrons. The van der Waals surface area contributed by atoms with E-state index in [-0.39, 0.29) is 11.9 Å². The minimum atomic E-state index is -0.406. The van der Waals surface area contributed by atoms with Gasteiger partial charge in [0.25, 0.3) is 0 Å². The predicted molar refractivity (Wildman–Crippen MR) is 68.6 cm³/mol. The van der Waals surface area contributed by atoms with E-state index in [4.69, 9.17) is 4.74 Å². The summed E-state index contributed by atoms with van der Waals surface area (Å²) in [4.78, 5) is 0. The van der Waals surface area contributed by atoms with Gasteiger partial charge in [0, 0.05) is 12.6 Å². The molecular weight excluding hydrogens is 236 g/mol. The highest BCUT2D eigenvalue weighted by Gasteiger charge is 2.12. The Kier molecular flexibility index (Phi) is 6.83. The molecule has 0 aliphatic heterocycles. The molecule has 0 aromatic heterocycles. The summed E-state index contributed by atoms with van der Waals surface area (Å²) < 4.78 is 32.0. The summed E-state index contributed by atoms with van der Waals surface area (Å²) in [7, 11) is 0. The third kappa shape index (κ3) is 5.10. The number of hydrogen-bond donors (Lipinski definition) is 1. The second-order valence-electron chi connectivity index (χ2n) is 4.25. The number of benzene rings is 1. The molecule has 0 saturated heterocycles. The number of rotatable bonds is 8. The molecule has 2 nitrogen and oxygen atoms in total. The SMILES string of the molecule is CCCNC(COCC)Cc1cc(F)ccc1F. The van der Waals surface area contributed by atoms with Crippen molar-refractivity contribution in [2.24, 2.45) is 0 Å². The normalized spacial score (nSPS) is 12.7. The molecular formula is C14H21F2NO. The first-order valence-electron chi connectivity index (χ1n) is 6.42. The molecule has 0 fully saturated rings. The van der Waals surface area contributed by atoms with Gasteiger partial charge in [-0.3, -0.25) is 0 Å². The van der Waals surface area contributed by atoms with Gasteiger partial charge < -0.3 is 10.1 Å². The number of ether oxygens (including phenoxy) is 1. The summed E-state index contributed by atoms with van der Waals surface area (Å²) in [6, 6.07) is 3.57. The van der Waals surface area contributed by atoms with Crippen LogP contribution in [0.3, 0.4) is 0 Å². The lowest BCUT2D eigenvalue weighted by Gasteiger charge is -2.18. The van der Waals surface area contributed by atoms with Crippen LogP contribution in [0.1, 0.15) is 25.8 Å². The second kappa shape index (κ2) is 8.16. The topological polar surface area (TPSA) is 21.3 Å². The van der Waals surface area contributed by atoms with Crippen molar-refractivity contribution < 1.29 is 13.5 Å². The smallest absolute Gasteiger partial charge is 0.126 e. The van der Waals surface area contributed by atoms with Crippen LogP contribution in [0, 0.1) is 11.6 Å². The standard InChI is InChI=1S/C14H21F2NO/c1-3-7-17-13(10-18-4-2)9-11-8-12(15)5-6-14(11)16/h5-6,8,13,17H,3-4,7,9-10H2,1-2H3. The van der Waals surface area contributed by atoms with Gasteiger partial charge in [-0.05, 0) is 50.1 Å². The number of nitrogens with one attached hydrogen (secondary N) is 1. The fourth-order valence-corrected chi connectivity index (χ4v) is 1.76. The van der Waals surface area contributed by atoms with Crippen molar-refractivity contribution >= 4 is 0 Å². The minimum Gasteiger partial charge on any atom is -0.380 e. The van der Waals surface area contributed by atoms with Crippen molar-refractivity contribution in [2.75, 3.05) is 19.8 Å². The zero-order valence-corrected chi connectivity index (χ0v) is 11.0. The van der Waals surface area contributed by atoms with Crippen molar-refractivity contribution in [3.05, 3.63) is 35.4 Å². The summed E-state index contributed by atoms with van der Waals surface area (Å²) in [5.41, 5.74) is 0.392. The summed E-state index contributed by atoms with van der Waals surface area (Å²) in [6.07, 6.45) is 1.43. The maximum atomic E-state index is 13.5. The summed E-state index contributed by atoms with van der Waals surface area (Å²) in [5.74, 6) is -0.770. The summed E-state index contributed by atoms with van der Waals surface area (Å²) in [6.45, 7) is 5.95. The van der Waals surface area contributed by atoms with E-state index in [1.54, 1.807) is 0 Å². The zero-order chi connectivity index (χ0) is 13.4. The van der Waals surface area contributed by atoms with E-state index in [0.717, 1.165) is 19.0 Å². The van der Waals surface area contributed by atoms with Crippen LogP contribution < -0.4 is 5.32 Å². The van der Waals surface area contributed by atoms with E-state index in [1.165, 1.54) is 12.1 Å². The van der Waals surface area contributed by atoms with Gasteiger partial charge in [0.2, 0.25) is 0 Å². The van der Waals surface area contributed by atoms with E-state index in [2.05, 4.69) is 12.2 Å². The Bertz CT molecular complexity index is 350. The van der Waals surface area contributed by atoms with Crippen molar-refractivity contribution in [3.8, 4) is 0 Å². The monoisotopic (exact) mass is 257 g/mol. The van der Waals surface area contributed by atoms with Crippen molar-refractivity contribution in [3.63, 3.8) is 0 Å². The van der Waals surface area contributed by atoms with Crippen LogP contribution in [0.5, 0.6) is 0 Å². The van der Waals surface area contributed by atoms with Gasteiger partial charge in [-0.1, -0.05) is 6.92 Å². The highest BCUT2D eigenvalue weighted by atomic mass is 19.1. The maximum absolute atomic E-state index is 13.5. The molecule has 0 amide bonds. The van der Waals surface area contributed by atoms with Crippen LogP contribution >= 0.6 is 0 Å². The van der Waals surface area contributed by atoms with Crippen LogP contribution in [-0.2, 0) is 11.2 Å². The molecule has 1 aromatic carbocycles. The molecule has 0 heterocycles. The average molecular weight is 257 g/mol. The lowest BCUT2D eigenvalue weighted by atomic mass is 10.1. The first kappa shape index (κ1) is 15.1.